The number of nitrogens with zero attached hydrogens (tertiary/aromatic N) is 2. The fraction of sp³-hybridized carbons (Fsp3) is 0.333. The summed E-state index contributed by atoms with van der Waals surface area (Å²) in [4.78, 5) is 8.68. The fourth-order valence-corrected chi connectivity index (χ4v) is 2.79. The first-order valence-electron chi connectivity index (χ1n) is 6.44. The van der Waals surface area contributed by atoms with Gasteiger partial charge in [-0.05, 0) is 61.0 Å². The summed E-state index contributed by atoms with van der Waals surface area (Å²) >= 11 is 6.00. The number of fused-ring (bicyclic) bond motifs is 1. The largest absolute Gasteiger partial charge is 0.223 e. The summed E-state index contributed by atoms with van der Waals surface area (Å²) in [5.74, 6) is 0.377. The van der Waals surface area contributed by atoms with Crippen LogP contribution in [0.1, 0.15) is 24.6 Å². The molecule has 2 aromatic rings. The Hall–Kier alpha value is -1.48. The molecular weight excluding hydrogens is 263 g/mol. The Morgan fingerprint density at radius 3 is 2.68 bits per heavy atom. The summed E-state index contributed by atoms with van der Waals surface area (Å²) < 4.78 is 13.0. The molecule has 0 N–H and O–H groups in total. The molecule has 3 rings (SSSR count). The van der Waals surface area contributed by atoms with Crippen molar-refractivity contribution in [3.05, 3.63) is 46.6 Å². The number of aromatic nitrogens is 2. The van der Waals surface area contributed by atoms with E-state index in [1.165, 1.54) is 12.1 Å². The summed E-state index contributed by atoms with van der Waals surface area (Å²) in [7, 11) is 0. The molecule has 0 spiro atoms. The van der Waals surface area contributed by atoms with Gasteiger partial charge in [0.2, 0.25) is 5.28 Å². The zero-order valence-corrected chi connectivity index (χ0v) is 11.4. The fourth-order valence-electron chi connectivity index (χ4n) is 2.60. The maximum absolute atomic E-state index is 13.0. The molecule has 0 saturated carbocycles. The van der Waals surface area contributed by atoms with E-state index >= 15 is 0 Å². The first-order valence-corrected chi connectivity index (χ1v) is 6.82. The van der Waals surface area contributed by atoms with Crippen molar-refractivity contribution < 1.29 is 4.39 Å². The van der Waals surface area contributed by atoms with Gasteiger partial charge in [0.25, 0.3) is 0 Å². The predicted molar refractivity (Wildman–Crippen MR) is 73.6 cm³/mol. The van der Waals surface area contributed by atoms with Crippen LogP contribution in [-0.4, -0.2) is 9.97 Å². The molecule has 1 aromatic heterocycles. The van der Waals surface area contributed by atoms with E-state index in [1.807, 2.05) is 0 Å². The molecule has 0 aliphatic heterocycles. The van der Waals surface area contributed by atoms with Crippen LogP contribution in [0.15, 0.2) is 24.3 Å². The maximum Gasteiger partial charge on any atom is 0.223 e. The molecule has 0 radical (unpaired) electrons. The van der Waals surface area contributed by atoms with Crippen LogP contribution < -0.4 is 0 Å². The van der Waals surface area contributed by atoms with Crippen LogP contribution in [0.25, 0.3) is 11.3 Å². The molecule has 1 heterocycles. The van der Waals surface area contributed by atoms with Crippen molar-refractivity contribution in [3.63, 3.8) is 0 Å². The molecule has 1 aliphatic carbocycles. The normalized spacial score (nSPS) is 18.2. The smallest absolute Gasteiger partial charge is 0.223 e. The van der Waals surface area contributed by atoms with Crippen LogP contribution in [0.5, 0.6) is 0 Å². The highest BCUT2D eigenvalue weighted by atomic mass is 35.5. The van der Waals surface area contributed by atoms with Crippen LogP contribution in [0, 0.1) is 11.7 Å². The first kappa shape index (κ1) is 12.5. The summed E-state index contributed by atoms with van der Waals surface area (Å²) in [6, 6.07) is 6.38. The van der Waals surface area contributed by atoms with E-state index < -0.39 is 0 Å². The molecule has 0 amide bonds. The average Bonchev–Trinajstić information content (AvgIpc) is 2.39. The van der Waals surface area contributed by atoms with E-state index in [0.29, 0.717) is 5.92 Å². The third kappa shape index (κ3) is 2.47. The van der Waals surface area contributed by atoms with Crippen molar-refractivity contribution >= 4 is 11.6 Å². The lowest BCUT2D eigenvalue weighted by Gasteiger charge is -2.22. The zero-order chi connectivity index (χ0) is 13.4. The van der Waals surface area contributed by atoms with Gasteiger partial charge in [0.15, 0.2) is 0 Å². The van der Waals surface area contributed by atoms with Gasteiger partial charge in [-0.25, -0.2) is 14.4 Å². The van der Waals surface area contributed by atoms with E-state index in [2.05, 4.69) is 16.9 Å². The van der Waals surface area contributed by atoms with Crippen LogP contribution in [-0.2, 0) is 12.8 Å². The summed E-state index contributed by atoms with van der Waals surface area (Å²) in [5.41, 5.74) is 3.95. The van der Waals surface area contributed by atoms with Crippen LogP contribution >= 0.6 is 11.6 Å². The van der Waals surface area contributed by atoms with Crippen molar-refractivity contribution in [2.75, 3.05) is 0 Å². The standard InChI is InChI=1S/C15H14ClFN2/c1-9-2-7-13-12(8-9)14(19-15(16)18-13)10-3-5-11(17)6-4-10/h3-6,9H,2,7-8H2,1H3. The second-order valence-electron chi connectivity index (χ2n) is 5.12. The minimum atomic E-state index is -0.244. The molecule has 2 nitrogen and oxygen atoms in total. The van der Waals surface area contributed by atoms with Gasteiger partial charge in [0, 0.05) is 16.8 Å². The summed E-state index contributed by atoms with van der Waals surface area (Å²) in [5, 5.41) is 0.271. The lowest BCUT2D eigenvalue weighted by molar-refractivity contribution is 0.493. The van der Waals surface area contributed by atoms with Gasteiger partial charge >= 0.3 is 0 Å². The molecule has 1 atom stereocenters. The molecule has 0 saturated heterocycles. The molecule has 1 aromatic carbocycles. The van der Waals surface area contributed by atoms with E-state index in [4.69, 9.17) is 11.6 Å². The number of rotatable bonds is 1. The zero-order valence-electron chi connectivity index (χ0n) is 10.7. The van der Waals surface area contributed by atoms with E-state index in [-0.39, 0.29) is 11.1 Å². The SMILES string of the molecule is CC1CCc2nc(Cl)nc(-c3ccc(F)cc3)c2C1. The van der Waals surface area contributed by atoms with Crippen molar-refractivity contribution in [1.29, 1.82) is 0 Å². The molecule has 98 valence electrons. The van der Waals surface area contributed by atoms with Gasteiger partial charge in [-0.1, -0.05) is 6.92 Å². The monoisotopic (exact) mass is 276 g/mol. The quantitative estimate of drug-likeness (QED) is 0.734. The Balaban J connectivity index is 2.15. The molecule has 4 heteroatoms. The molecule has 0 bridgehead atoms. The molecule has 0 fully saturated rings. The third-order valence-electron chi connectivity index (χ3n) is 3.61. The first-order chi connectivity index (χ1) is 9.13. The molecule has 1 aliphatic rings. The minimum absolute atomic E-state index is 0.244. The van der Waals surface area contributed by atoms with Gasteiger partial charge in [0.05, 0.1) is 5.69 Å². The Bertz CT molecular complexity index is 610. The highest BCUT2D eigenvalue weighted by molar-refractivity contribution is 6.28. The highest BCUT2D eigenvalue weighted by Crippen LogP contribution is 2.32. The number of hydrogen-bond acceptors (Lipinski definition) is 2. The maximum atomic E-state index is 13.0. The number of aryl methyl sites for hydroxylation is 1. The second kappa shape index (κ2) is 4.89. The van der Waals surface area contributed by atoms with Crippen LogP contribution in [0.2, 0.25) is 5.28 Å². The second-order valence-corrected chi connectivity index (χ2v) is 5.46. The van der Waals surface area contributed by atoms with Gasteiger partial charge in [-0.15, -0.1) is 0 Å². The Labute approximate surface area is 116 Å². The molecular formula is C15H14ClFN2. The predicted octanol–water partition coefficient (Wildman–Crippen LogP) is 4.06. The summed E-state index contributed by atoms with van der Waals surface area (Å²) in [6.45, 7) is 2.23. The van der Waals surface area contributed by atoms with E-state index in [9.17, 15) is 4.39 Å². The number of benzene rings is 1. The third-order valence-corrected chi connectivity index (χ3v) is 3.78. The lowest BCUT2D eigenvalue weighted by Crippen LogP contribution is -2.15. The van der Waals surface area contributed by atoms with Gasteiger partial charge in [-0.2, -0.15) is 0 Å². The van der Waals surface area contributed by atoms with Gasteiger partial charge in [-0.3, -0.25) is 0 Å². The average molecular weight is 277 g/mol. The van der Waals surface area contributed by atoms with Crippen LogP contribution in [0.3, 0.4) is 0 Å². The van der Waals surface area contributed by atoms with Crippen molar-refractivity contribution in [1.82, 2.24) is 9.97 Å². The van der Waals surface area contributed by atoms with Crippen molar-refractivity contribution in [3.8, 4) is 11.3 Å². The van der Waals surface area contributed by atoms with Crippen LogP contribution in [0.4, 0.5) is 4.39 Å². The topological polar surface area (TPSA) is 25.8 Å². The van der Waals surface area contributed by atoms with E-state index in [0.717, 1.165) is 41.8 Å². The Morgan fingerprint density at radius 1 is 1.21 bits per heavy atom. The van der Waals surface area contributed by atoms with Crippen molar-refractivity contribution in [2.45, 2.75) is 26.2 Å². The Morgan fingerprint density at radius 2 is 1.95 bits per heavy atom. The summed E-state index contributed by atoms with van der Waals surface area (Å²) in [6.07, 6.45) is 3.02. The highest BCUT2D eigenvalue weighted by Gasteiger charge is 2.22. The molecule has 1 unspecified atom stereocenters. The number of halogens is 2. The number of hydrogen-bond donors (Lipinski definition) is 0. The van der Waals surface area contributed by atoms with E-state index in [1.54, 1.807) is 12.1 Å². The van der Waals surface area contributed by atoms with Gasteiger partial charge in [0.1, 0.15) is 5.82 Å². The lowest BCUT2D eigenvalue weighted by atomic mass is 9.86. The minimum Gasteiger partial charge on any atom is -0.223 e. The molecule has 19 heavy (non-hydrogen) atoms. The Kier molecular flexibility index (Phi) is 3.23. The van der Waals surface area contributed by atoms with Crippen molar-refractivity contribution in [2.24, 2.45) is 5.92 Å². The van der Waals surface area contributed by atoms with Gasteiger partial charge < -0.3 is 0 Å².